The van der Waals surface area contributed by atoms with Gasteiger partial charge in [0, 0.05) is 22.3 Å². The van der Waals surface area contributed by atoms with Crippen LogP contribution < -0.4 is 5.32 Å². The van der Waals surface area contributed by atoms with Crippen molar-refractivity contribution in [2.45, 2.75) is 53.0 Å². The first-order valence-electron chi connectivity index (χ1n) is 8.16. The molecule has 3 heterocycles. The van der Waals surface area contributed by atoms with Gasteiger partial charge < -0.3 is 5.32 Å². The lowest BCUT2D eigenvalue weighted by atomic mass is 9.96. The SMILES string of the molecule is Cc1nc2c(c(NCc3c(C)nc4sc(C)cn34)n1)CCCC2. The molecular weight excluding hydrogens is 306 g/mol. The topological polar surface area (TPSA) is 55.1 Å². The van der Waals surface area contributed by atoms with Gasteiger partial charge in [-0.2, -0.15) is 0 Å². The van der Waals surface area contributed by atoms with Crippen molar-refractivity contribution in [2.24, 2.45) is 0 Å². The van der Waals surface area contributed by atoms with Gasteiger partial charge >= 0.3 is 0 Å². The Morgan fingerprint density at radius 1 is 1.13 bits per heavy atom. The molecule has 4 rings (SSSR count). The van der Waals surface area contributed by atoms with Gasteiger partial charge in [0.1, 0.15) is 11.6 Å². The third-order valence-corrected chi connectivity index (χ3v) is 5.36. The molecule has 23 heavy (non-hydrogen) atoms. The summed E-state index contributed by atoms with van der Waals surface area (Å²) in [5, 5.41) is 3.55. The van der Waals surface area contributed by atoms with E-state index >= 15 is 0 Å². The summed E-state index contributed by atoms with van der Waals surface area (Å²) in [4.78, 5) is 16.3. The van der Waals surface area contributed by atoms with E-state index in [1.807, 2.05) is 6.92 Å². The summed E-state index contributed by atoms with van der Waals surface area (Å²) in [6, 6.07) is 0. The first-order chi connectivity index (χ1) is 11.1. The van der Waals surface area contributed by atoms with Crippen molar-refractivity contribution < 1.29 is 0 Å². The van der Waals surface area contributed by atoms with Gasteiger partial charge in [0.15, 0.2) is 4.96 Å². The first kappa shape index (κ1) is 14.6. The molecule has 120 valence electrons. The first-order valence-corrected chi connectivity index (χ1v) is 8.97. The van der Waals surface area contributed by atoms with Crippen LogP contribution in [0.4, 0.5) is 5.82 Å². The van der Waals surface area contributed by atoms with Crippen molar-refractivity contribution in [1.82, 2.24) is 19.4 Å². The Hall–Kier alpha value is -1.95. The Bertz CT molecular complexity index is 877. The molecule has 0 spiro atoms. The summed E-state index contributed by atoms with van der Waals surface area (Å²) >= 11 is 1.73. The van der Waals surface area contributed by atoms with Crippen LogP contribution in [0.15, 0.2) is 6.20 Å². The maximum Gasteiger partial charge on any atom is 0.194 e. The van der Waals surface area contributed by atoms with Gasteiger partial charge in [-0.05, 0) is 46.5 Å². The lowest BCUT2D eigenvalue weighted by Gasteiger charge is -2.19. The van der Waals surface area contributed by atoms with E-state index in [9.17, 15) is 0 Å². The number of hydrogen-bond acceptors (Lipinski definition) is 5. The van der Waals surface area contributed by atoms with Gasteiger partial charge in [0.25, 0.3) is 0 Å². The average molecular weight is 327 g/mol. The fourth-order valence-electron chi connectivity index (χ4n) is 3.35. The molecule has 3 aromatic heterocycles. The standard InChI is InChI=1S/C17H21N5S/c1-10-9-22-15(11(2)19-17(22)23-10)8-18-16-13-6-4-5-7-14(13)20-12(3)21-16/h9H,4-8H2,1-3H3,(H,18,20,21). The molecule has 0 saturated carbocycles. The number of nitrogens with zero attached hydrogens (tertiary/aromatic N) is 4. The number of fused-ring (bicyclic) bond motifs is 2. The van der Waals surface area contributed by atoms with E-state index in [2.05, 4.69) is 44.7 Å². The van der Waals surface area contributed by atoms with E-state index in [4.69, 9.17) is 0 Å². The fourth-order valence-corrected chi connectivity index (χ4v) is 4.24. The smallest absolute Gasteiger partial charge is 0.194 e. The minimum atomic E-state index is 0.742. The normalized spacial score (nSPS) is 14.2. The van der Waals surface area contributed by atoms with Crippen LogP contribution in [-0.2, 0) is 19.4 Å². The van der Waals surface area contributed by atoms with E-state index in [-0.39, 0.29) is 0 Å². The van der Waals surface area contributed by atoms with Crippen molar-refractivity contribution >= 4 is 22.1 Å². The minimum absolute atomic E-state index is 0.742. The fraction of sp³-hybridized carbons (Fsp3) is 0.471. The number of aryl methyl sites for hydroxylation is 4. The Morgan fingerprint density at radius 2 is 1.96 bits per heavy atom. The van der Waals surface area contributed by atoms with E-state index in [1.165, 1.54) is 34.7 Å². The van der Waals surface area contributed by atoms with Crippen molar-refractivity contribution in [2.75, 3.05) is 5.32 Å². The summed E-state index contributed by atoms with van der Waals surface area (Å²) in [6.45, 7) is 6.92. The van der Waals surface area contributed by atoms with E-state index in [0.717, 1.165) is 41.7 Å². The maximum absolute atomic E-state index is 4.66. The predicted molar refractivity (Wildman–Crippen MR) is 93.3 cm³/mol. The highest BCUT2D eigenvalue weighted by Crippen LogP contribution is 2.26. The predicted octanol–water partition coefficient (Wildman–Crippen LogP) is 3.60. The highest BCUT2D eigenvalue weighted by atomic mass is 32.1. The van der Waals surface area contributed by atoms with Crippen LogP contribution in [-0.4, -0.2) is 19.4 Å². The Balaban J connectivity index is 1.66. The summed E-state index contributed by atoms with van der Waals surface area (Å²) in [6.07, 6.45) is 6.79. The quantitative estimate of drug-likeness (QED) is 0.798. The number of aromatic nitrogens is 4. The van der Waals surface area contributed by atoms with Crippen molar-refractivity contribution in [3.05, 3.63) is 39.5 Å². The highest BCUT2D eigenvalue weighted by Gasteiger charge is 2.18. The molecule has 0 amide bonds. The van der Waals surface area contributed by atoms with E-state index in [0.29, 0.717) is 0 Å². The molecule has 0 bridgehead atoms. The van der Waals surface area contributed by atoms with Crippen LogP contribution >= 0.6 is 11.3 Å². The van der Waals surface area contributed by atoms with Crippen molar-refractivity contribution in [1.29, 1.82) is 0 Å². The number of anilines is 1. The molecular formula is C17H21N5S. The van der Waals surface area contributed by atoms with Crippen LogP contribution in [0.5, 0.6) is 0 Å². The maximum atomic E-state index is 4.66. The zero-order valence-electron chi connectivity index (χ0n) is 13.8. The summed E-state index contributed by atoms with van der Waals surface area (Å²) in [5.74, 6) is 1.86. The number of nitrogens with one attached hydrogen (secondary N) is 1. The molecule has 5 nitrogen and oxygen atoms in total. The molecule has 1 aliphatic rings. The molecule has 0 radical (unpaired) electrons. The van der Waals surface area contributed by atoms with E-state index < -0.39 is 0 Å². The van der Waals surface area contributed by atoms with Gasteiger partial charge in [0.2, 0.25) is 0 Å². The number of rotatable bonds is 3. The van der Waals surface area contributed by atoms with Crippen molar-refractivity contribution in [3.63, 3.8) is 0 Å². The summed E-state index contributed by atoms with van der Waals surface area (Å²) < 4.78 is 2.20. The molecule has 1 N–H and O–H groups in total. The Labute approximate surface area is 139 Å². The van der Waals surface area contributed by atoms with Gasteiger partial charge in [-0.3, -0.25) is 4.40 Å². The molecule has 0 fully saturated rings. The molecule has 1 aliphatic carbocycles. The molecule has 3 aromatic rings. The zero-order valence-corrected chi connectivity index (χ0v) is 14.6. The molecule has 0 aliphatic heterocycles. The van der Waals surface area contributed by atoms with E-state index in [1.54, 1.807) is 11.3 Å². The lowest BCUT2D eigenvalue weighted by Crippen LogP contribution is -2.14. The van der Waals surface area contributed by atoms with Crippen LogP contribution in [0.25, 0.3) is 4.96 Å². The van der Waals surface area contributed by atoms with Crippen LogP contribution in [0.1, 0.15) is 46.2 Å². The minimum Gasteiger partial charge on any atom is -0.364 e. The second kappa shape index (κ2) is 5.60. The van der Waals surface area contributed by atoms with Gasteiger partial charge in [0.05, 0.1) is 17.9 Å². The van der Waals surface area contributed by atoms with Crippen molar-refractivity contribution in [3.8, 4) is 0 Å². The van der Waals surface area contributed by atoms with Gasteiger partial charge in [-0.25, -0.2) is 15.0 Å². The largest absolute Gasteiger partial charge is 0.364 e. The average Bonchev–Trinajstić information content (AvgIpc) is 3.00. The zero-order chi connectivity index (χ0) is 16.0. The third kappa shape index (κ3) is 2.61. The Morgan fingerprint density at radius 3 is 2.83 bits per heavy atom. The monoisotopic (exact) mass is 327 g/mol. The lowest BCUT2D eigenvalue weighted by molar-refractivity contribution is 0.659. The molecule has 6 heteroatoms. The van der Waals surface area contributed by atoms with Gasteiger partial charge in [-0.15, -0.1) is 11.3 Å². The molecule has 0 aromatic carbocycles. The number of imidazole rings is 1. The Kier molecular flexibility index (Phi) is 3.56. The van der Waals surface area contributed by atoms with Crippen LogP contribution in [0, 0.1) is 20.8 Å². The summed E-state index contributed by atoms with van der Waals surface area (Å²) in [5.41, 5.74) is 4.84. The highest BCUT2D eigenvalue weighted by molar-refractivity contribution is 7.17. The second-order valence-electron chi connectivity index (χ2n) is 6.24. The molecule has 0 unspecified atom stereocenters. The second-order valence-corrected chi connectivity index (χ2v) is 7.46. The molecule has 0 atom stereocenters. The van der Waals surface area contributed by atoms with Gasteiger partial charge in [-0.1, -0.05) is 0 Å². The number of hydrogen-bond donors (Lipinski definition) is 1. The third-order valence-electron chi connectivity index (χ3n) is 4.46. The van der Waals surface area contributed by atoms with Crippen LogP contribution in [0.3, 0.4) is 0 Å². The van der Waals surface area contributed by atoms with Crippen LogP contribution in [0.2, 0.25) is 0 Å². The molecule has 0 saturated heterocycles. The summed E-state index contributed by atoms with van der Waals surface area (Å²) in [7, 11) is 0. The number of thiazole rings is 1.